The van der Waals surface area contributed by atoms with Crippen LogP contribution in [-0.2, 0) is 5.72 Å². The molecule has 3 nitrogen and oxygen atoms in total. The van der Waals surface area contributed by atoms with Crippen LogP contribution in [0.25, 0.3) is 0 Å². The molecule has 1 atom stereocenters. The van der Waals surface area contributed by atoms with Crippen molar-refractivity contribution >= 4 is 5.69 Å². The van der Waals surface area contributed by atoms with E-state index in [1.807, 2.05) is 54.6 Å². The Labute approximate surface area is 107 Å². The van der Waals surface area contributed by atoms with E-state index >= 15 is 0 Å². The molecular weight excluding hydrogens is 226 g/mol. The molecule has 0 aliphatic rings. The number of hydrogen-bond acceptors (Lipinski definition) is 3. The zero-order chi connectivity index (χ0) is 13.0. The summed E-state index contributed by atoms with van der Waals surface area (Å²) in [6.07, 6.45) is 0. The lowest BCUT2D eigenvalue weighted by atomic mass is 10.0. The van der Waals surface area contributed by atoms with Gasteiger partial charge < -0.3 is 15.2 Å². The molecule has 2 aromatic rings. The van der Waals surface area contributed by atoms with Gasteiger partial charge in [-0.1, -0.05) is 30.3 Å². The van der Waals surface area contributed by atoms with Crippen LogP contribution in [0.5, 0.6) is 5.75 Å². The summed E-state index contributed by atoms with van der Waals surface area (Å²) in [5.74, 6) is 0.792. The van der Waals surface area contributed by atoms with E-state index in [2.05, 4.69) is 5.32 Å². The Kier molecular flexibility index (Phi) is 3.53. The highest BCUT2D eigenvalue weighted by Gasteiger charge is 2.21. The Morgan fingerprint density at radius 3 is 2.17 bits per heavy atom. The van der Waals surface area contributed by atoms with Crippen LogP contribution in [0, 0.1) is 0 Å². The van der Waals surface area contributed by atoms with Gasteiger partial charge in [-0.05, 0) is 31.2 Å². The Balaban J connectivity index is 2.16. The summed E-state index contributed by atoms with van der Waals surface area (Å²) in [5.41, 5.74) is 0.557. The van der Waals surface area contributed by atoms with Crippen LogP contribution in [0.1, 0.15) is 12.5 Å². The molecule has 0 radical (unpaired) electrons. The SMILES string of the molecule is COc1ccc(NC(C)(O)c2ccccc2)cc1. The largest absolute Gasteiger partial charge is 0.497 e. The van der Waals surface area contributed by atoms with Gasteiger partial charge in [-0.3, -0.25) is 0 Å². The standard InChI is InChI=1S/C15H17NO2/c1-15(17,12-6-4-3-5-7-12)16-13-8-10-14(18-2)11-9-13/h3-11,16-17H,1-2H3. The summed E-state index contributed by atoms with van der Waals surface area (Å²) >= 11 is 0. The number of nitrogens with one attached hydrogen (secondary N) is 1. The van der Waals surface area contributed by atoms with Gasteiger partial charge in [-0.2, -0.15) is 0 Å². The van der Waals surface area contributed by atoms with Crippen molar-refractivity contribution in [2.45, 2.75) is 12.6 Å². The van der Waals surface area contributed by atoms with Crippen molar-refractivity contribution in [2.75, 3.05) is 12.4 Å². The fraction of sp³-hybridized carbons (Fsp3) is 0.200. The van der Waals surface area contributed by atoms with Crippen LogP contribution >= 0.6 is 0 Å². The summed E-state index contributed by atoms with van der Waals surface area (Å²) in [7, 11) is 1.63. The smallest absolute Gasteiger partial charge is 0.159 e. The molecule has 0 saturated carbocycles. The zero-order valence-electron chi connectivity index (χ0n) is 10.6. The predicted octanol–water partition coefficient (Wildman–Crippen LogP) is 2.97. The number of ether oxygens (including phenoxy) is 1. The molecule has 2 aromatic carbocycles. The summed E-state index contributed by atoms with van der Waals surface area (Å²) in [6, 6.07) is 16.9. The van der Waals surface area contributed by atoms with Crippen molar-refractivity contribution in [1.82, 2.24) is 0 Å². The highest BCUT2D eigenvalue weighted by molar-refractivity contribution is 5.49. The zero-order valence-corrected chi connectivity index (χ0v) is 10.6. The monoisotopic (exact) mass is 243 g/mol. The van der Waals surface area contributed by atoms with E-state index in [1.165, 1.54) is 0 Å². The predicted molar refractivity (Wildman–Crippen MR) is 72.6 cm³/mol. The molecule has 94 valence electrons. The van der Waals surface area contributed by atoms with Crippen molar-refractivity contribution in [1.29, 1.82) is 0 Å². The molecule has 1 unspecified atom stereocenters. The molecule has 0 aliphatic carbocycles. The second-order valence-electron chi connectivity index (χ2n) is 4.29. The average Bonchev–Trinajstić information content (AvgIpc) is 2.40. The molecule has 0 fully saturated rings. The lowest BCUT2D eigenvalue weighted by Gasteiger charge is -2.26. The molecule has 0 aliphatic heterocycles. The minimum absolute atomic E-state index is 0.792. The minimum Gasteiger partial charge on any atom is -0.497 e. The normalized spacial score (nSPS) is 13.7. The molecule has 0 amide bonds. The van der Waals surface area contributed by atoms with Gasteiger partial charge in [-0.25, -0.2) is 0 Å². The maximum absolute atomic E-state index is 10.4. The molecule has 2 rings (SSSR count). The minimum atomic E-state index is -1.10. The number of methoxy groups -OCH3 is 1. The van der Waals surface area contributed by atoms with Gasteiger partial charge in [0.25, 0.3) is 0 Å². The lowest BCUT2D eigenvalue weighted by molar-refractivity contribution is 0.0888. The number of anilines is 1. The van der Waals surface area contributed by atoms with Gasteiger partial charge in [0, 0.05) is 11.3 Å². The first-order valence-corrected chi connectivity index (χ1v) is 5.82. The van der Waals surface area contributed by atoms with E-state index in [9.17, 15) is 5.11 Å². The quantitative estimate of drug-likeness (QED) is 0.811. The summed E-state index contributed by atoms with van der Waals surface area (Å²) in [5, 5.41) is 13.5. The maximum atomic E-state index is 10.4. The number of rotatable bonds is 4. The first-order chi connectivity index (χ1) is 8.62. The second kappa shape index (κ2) is 5.10. The Morgan fingerprint density at radius 2 is 1.61 bits per heavy atom. The number of hydrogen-bond donors (Lipinski definition) is 2. The van der Waals surface area contributed by atoms with Crippen LogP contribution in [-0.4, -0.2) is 12.2 Å². The Morgan fingerprint density at radius 1 is 1.00 bits per heavy atom. The number of benzene rings is 2. The maximum Gasteiger partial charge on any atom is 0.159 e. The molecule has 0 saturated heterocycles. The molecule has 18 heavy (non-hydrogen) atoms. The van der Waals surface area contributed by atoms with E-state index in [0.717, 1.165) is 17.0 Å². The highest BCUT2D eigenvalue weighted by Crippen LogP contribution is 2.24. The summed E-state index contributed by atoms with van der Waals surface area (Å²) in [6.45, 7) is 1.73. The van der Waals surface area contributed by atoms with Crippen LogP contribution in [0.2, 0.25) is 0 Å². The van der Waals surface area contributed by atoms with Crippen molar-refractivity contribution < 1.29 is 9.84 Å². The molecule has 0 heterocycles. The van der Waals surface area contributed by atoms with Gasteiger partial charge in [0.05, 0.1) is 7.11 Å². The third-order valence-electron chi connectivity index (χ3n) is 2.81. The molecule has 0 bridgehead atoms. The van der Waals surface area contributed by atoms with E-state index in [0.29, 0.717) is 0 Å². The van der Waals surface area contributed by atoms with E-state index in [4.69, 9.17) is 4.74 Å². The first-order valence-electron chi connectivity index (χ1n) is 5.82. The summed E-state index contributed by atoms with van der Waals surface area (Å²) in [4.78, 5) is 0. The Hall–Kier alpha value is -2.00. The summed E-state index contributed by atoms with van der Waals surface area (Å²) < 4.78 is 5.09. The molecule has 0 aromatic heterocycles. The highest BCUT2D eigenvalue weighted by atomic mass is 16.5. The van der Waals surface area contributed by atoms with Gasteiger partial charge in [0.2, 0.25) is 0 Å². The Bertz CT molecular complexity index is 492. The topological polar surface area (TPSA) is 41.5 Å². The second-order valence-corrected chi connectivity index (χ2v) is 4.29. The number of aliphatic hydroxyl groups is 1. The van der Waals surface area contributed by atoms with E-state index in [1.54, 1.807) is 14.0 Å². The van der Waals surface area contributed by atoms with Gasteiger partial charge in [0.15, 0.2) is 5.72 Å². The first kappa shape index (κ1) is 12.5. The van der Waals surface area contributed by atoms with Crippen LogP contribution in [0.15, 0.2) is 54.6 Å². The van der Waals surface area contributed by atoms with E-state index in [-0.39, 0.29) is 0 Å². The van der Waals surface area contributed by atoms with Crippen molar-refractivity contribution in [3.63, 3.8) is 0 Å². The fourth-order valence-corrected chi connectivity index (χ4v) is 1.79. The lowest BCUT2D eigenvalue weighted by Crippen LogP contribution is -2.31. The van der Waals surface area contributed by atoms with E-state index < -0.39 is 5.72 Å². The van der Waals surface area contributed by atoms with Gasteiger partial charge in [-0.15, -0.1) is 0 Å². The third-order valence-corrected chi connectivity index (χ3v) is 2.81. The molecular formula is C15H17NO2. The van der Waals surface area contributed by atoms with Gasteiger partial charge >= 0.3 is 0 Å². The molecule has 0 spiro atoms. The van der Waals surface area contributed by atoms with Crippen LogP contribution < -0.4 is 10.1 Å². The molecule has 2 N–H and O–H groups in total. The van der Waals surface area contributed by atoms with Crippen molar-refractivity contribution in [2.24, 2.45) is 0 Å². The van der Waals surface area contributed by atoms with Crippen LogP contribution in [0.4, 0.5) is 5.69 Å². The third kappa shape index (κ3) is 2.81. The fourth-order valence-electron chi connectivity index (χ4n) is 1.79. The van der Waals surface area contributed by atoms with Crippen molar-refractivity contribution in [3.8, 4) is 5.75 Å². The van der Waals surface area contributed by atoms with Crippen molar-refractivity contribution in [3.05, 3.63) is 60.2 Å². The van der Waals surface area contributed by atoms with Gasteiger partial charge in [0.1, 0.15) is 5.75 Å². The van der Waals surface area contributed by atoms with Crippen LogP contribution in [0.3, 0.4) is 0 Å². The average molecular weight is 243 g/mol. The molecule has 3 heteroatoms.